The Bertz CT molecular complexity index is 508. The lowest BCUT2D eigenvalue weighted by Crippen LogP contribution is -2.35. The summed E-state index contributed by atoms with van der Waals surface area (Å²) in [6.45, 7) is 3.05. The van der Waals surface area contributed by atoms with Crippen LogP contribution in [0.15, 0.2) is 34.5 Å². The van der Waals surface area contributed by atoms with Gasteiger partial charge in [-0.3, -0.25) is 0 Å². The zero-order valence-electron chi connectivity index (χ0n) is 10.0. The van der Waals surface area contributed by atoms with Crippen molar-refractivity contribution >= 4 is 40.6 Å². The fraction of sp³-hybridized carbons (Fsp3) is 0.273. The molecule has 0 saturated heterocycles. The summed E-state index contributed by atoms with van der Waals surface area (Å²) in [5, 5.41) is 6.78. The first-order valence-corrected chi connectivity index (χ1v) is 5.81. The molecule has 0 saturated carbocycles. The molecule has 0 bridgehead atoms. The summed E-state index contributed by atoms with van der Waals surface area (Å²) in [5.41, 5.74) is 0.423. The lowest BCUT2D eigenvalue weighted by molar-refractivity contribution is -0.0596. The van der Waals surface area contributed by atoms with Gasteiger partial charge >= 0.3 is 6.18 Å². The molecule has 0 aromatic heterocycles. The third-order valence-corrected chi connectivity index (χ3v) is 2.41. The van der Waals surface area contributed by atoms with Crippen LogP contribution in [0, 0.1) is 0 Å². The largest absolute Gasteiger partial charge is 0.452 e. The van der Waals surface area contributed by atoms with Crippen LogP contribution in [0.2, 0.25) is 5.02 Å². The standard InChI is InChI=1S/C11H10Cl2F3N3/c1-7(2)17-18-10(11(14,15)16)19(13)9-5-3-4-8(12)6-9/h3-6H,1-2H3/b18-10-. The molecule has 0 unspecified atom stereocenters. The first kappa shape index (κ1) is 15.8. The quantitative estimate of drug-likeness (QED) is 0.338. The van der Waals surface area contributed by atoms with Crippen molar-refractivity contribution in [3.05, 3.63) is 29.3 Å². The van der Waals surface area contributed by atoms with Gasteiger partial charge in [-0.2, -0.15) is 18.3 Å². The zero-order valence-corrected chi connectivity index (χ0v) is 11.6. The van der Waals surface area contributed by atoms with Crippen molar-refractivity contribution in [3.63, 3.8) is 0 Å². The number of benzene rings is 1. The number of halogens is 5. The Hall–Kier alpha value is -1.27. The normalized spacial score (nSPS) is 12.3. The number of nitrogens with zero attached hydrogens (tertiary/aromatic N) is 3. The average molecular weight is 312 g/mol. The molecule has 0 amide bonds. The third-order valence-electron chi connectivity index (χ3n) is 1.82. The minimum absolute atomic E-state index is 0.0502. The Morgan fingerprint density at radius 3 is 2.32 bits per heavy atom. The summed E-state index contributed by atoms with van der Waals surface area (Å²) < 4.78 is 38.9. The highest BCUT2D eigenvalue weighted by Crippen LogP contribution is 2.28. The van der Waals surface area contributed by atoms with Crippen molar-refractivity contribution in [1.82, 2.24) is 0 Å². The predicted octanol–water partition coefficient (Wildman–Crippen LogP) is 4.66. The maximum atomic E-state index is 12.8. The highest BCUT2D eigenvalue weighted by Gasteiger charge is 2.41. The molecule has 0 N–H and O–H groups in total. The van der Waals surface area contributed by atoms with Gasteiger partial charge in [-0.1, -0.05) is 17.7 Å². The molecule has 1 rings (SSSR count). The molecule has 0 spiro atoms. The second kappa shape index (κ2) is 6.25. The molecule has 104 valence electrons. The Labute approximate surface area is 118 Å². The van der Waals surface area contributed by atoms with E-state index in [9.17, 15) is 13.2 Å². The smallest absolute Gasteiger partial charge is 0.230 e. The Kier molecular flexibility index (Phi) is 5.20. The van der Waals surface area contributed by atoms with Gasteiger partial charge in [0.25, 0.3) is 5.84 Å². The summed E-state index contributed by atoms with van der Waals surface area (Å²) in [7, 11) is 0. The van der Waals surface area contributed by atoms with E-state index in [1.54, 1.807) is 0 Å². The highest BCUT2D eigenvalue weighted by atomic mass is 35.5. The molecule has 0 fully saturated rings. The number of alkyl halides is 3. The maximum Gasteiger partial charge on any atom is 0.452 e. The highest BCUT2D eigenvalue weighted by molar-refractivity contribution is 6.39. The third kappa shape index (κ3) is 4.72. The molecule has 19 heavy (non-hydrogen) atoms. The maximum absolute atomic E-state index is 12.8. The second-order valence-corrected chi connectivity index (χ2v) is 4.50. The molecule has 0 heterocycles. The van der Waals surface area contributed by atoms with Gasteiger partial charge in [0.2, 0.25) is 0 Å². The van der Waals surface area contributed by atoms with Crippen LogP contribution in [0.25, 0.3) is 0 Å². The van der Waals surface area contributed by atoms with Gasteiger partial charge in [0.15, 0.2) is 0 Å². The van der Waals surface area contributed by atoms with Crippen molar-refractivity contribution in [2.75, 3.05) is 4.42 Å². The summed E-state index contributed by atoms with van der Waals surface area (Å²) in [6, 6.07) is 5.67. The fourth-order valence-electron chi connectivity index (χ4n) is 1.08. The molecule has 0 aliphatic carbocycles. The number of hydrogen-bond donors (Lipinski definition) is 0. The van der Waals surface area contributed by atoms with Crippen molar-refractivity contribution in [2.24, 2.45) is 10.2 Å². The van der Waals surface area contributed by atoms with Crippen molar-refractivity contribution < 1.29 is 13.2 Å². The van der Waals surface area contributed by atoms with Crippen LogP contribution in [0.5, 0.6) is 0 Å². The summed E-state index contributed by atoms with van der Waals surface area (Å²) >= 11 is 11.4. The minimum atomic E-state index is -4.73. The number of amidine groups is 1. The van der Waals surface area contributed by atoms with Gasteiger partial charge in [-0.15, -0.1) is 5.10 Å². The van der Waals surface area contributed by atoms with Crippen LogP contribution in [0.3, 0.4) is 0 Å². The number of hydrogen-bond acceptors (Lipinski definition) is 2. The van der Waals surface area contributed by atoms with E-state index in [-0.39, 0.29) is 10.7 Å². The summed E-state index contributed by atoms with van der Waals surface area (Å²) in [6.07, 6.45) is -4.73. The fourth-order valence-corrected chi connectivity index (χ4v) is 1.49. The van der Waals surface area contributed by atoms with Crippen LogP contribution in [-0.4, -0.2) is 17.7 Å². The van der Waals surface area contributed by atoms with E-state index in [1.807, 2.05) is 0 Å². The first-order chi connectivity index (χ1) is 8.71. The van der Waals surface area contributed by atoms with E-state index < -0.39 is 12.0 Å². The van der Waals surface area contributed by atoms with Gasteiger partial charge in [0.05, 0.1) is 5.69 Å². The lowest BCUT2D eigenvalue weighted by atomic mass is 10.3. The second-order valence-electron chi connectivity index (χ2n) is 3.73. The monoisotopic (exact) mass is 311 g/mol. The molecular formula is C11H10Cl2F3N3. The van der Waals surface area contributed by atoms with Gasteiger partial charge in [-0.25, -0.2) is 4.42 Å². The first-order valence-electron chi connectivity index (χ1n) is 5.09. The van der Waals surface area contributed by atoms with Gasteiger partial charge in [-0.05, 0) is 32.0 Å². The number of anilines is 1. The minimum Gasteiger partial charge on any atom is -0.230 e. The molecule has 1 aromatic carbocycles. The van der Waals surface area contributed by atoms with E-state index in [2.05, 4.69) is 10.2 Å². The van der Waals surface area contributed by atoms with E-state index in [0.29, 0.717) is 10.1 Å². The van der Waals surface area contributed by atoms with Crippen LogP contribution >= 0.6 is 23.4 Å². The molecule has 0 atom stereocenters. The van der Waals surface area contributed by atoms with E-state index in [0.717, 1.165) is 0 Å². The lowest BCUT2D eigenvalue weighted by Gasteiger charge is -2.19. The molecular weight excluding hydrogens is 302 g/mol. The Balaban J connectivity index is 3.19. The van der Waals surface area contributed by atoms with Crippen molar-refractivity contribution in [3.8, 4) is 0 Å². The molecule has 8 heteroatoms. The van der Waals surface area contributed by atoms with Crippen molar-refractivity contribution in [2.45, 2.75) is 20.0 Å². The van der Waals surface area contributed by atoms with Gasteiger partial charge < -0.3 is 0 Å². The zero-order chi connectivity index (χ0) is 14.6. The Morgan fingerprint density at radius 1 is 1.21 bits per heavy atom. The van der Waals surface area contributed by atoms with E-state index in [4.69, 9.17) is 23.4 Å². The van der Waals surface area contributed by atoms with Crippen molar-refractivity contribution in [1.29, 1.82) is 0 Å². The molecule has 0 aliphatic heterocycles. The molecule has 1 aromatic rings. The number of rotatable bonds is 2. The predicted molar refractivity (Wildman–Crippen MR) is 72.1 cm³/mol. The summed E-state index contributed by atoms with van der Waals surface area (Å²) in [4.78, 5) is 0. The average Bonchev–Trinajstić information content (AvgIpc) is 2.26. The SMILES string of the molecule is CC(C)=N/N=C(\N(Cl)c1cccc(Cl)c1)C(F)(F)F. The van der Waals surface area contributed by atoms with E-state index in [1.165, 1.54) is 38.1 Å². The van der Waals surface area contributed by atoms with Gasteiger partial charge in [0, 0.05) is 22.5 Å². The van der Waals surface area contributed by atoms with Crippen LogP contribution < -0.4 is 4.42 Å². The van der Waals surface area contributed by atoms with Gasteiger partial charge in [0.1, 0.15) is 0 Å². The van der Waals surface area contributed by atoms with Crippen LogP contribution in [0.1, 0.15) is 13.8 Å². The Morgan fingerprint density at radius 2 is 1.84 bits per heavy atom. The molecule has 0 aliphatic rings. The van der Waals surface area contributed by atoms with Crippen LogP contribution in [-0.2, 0) is 0 Å². The van der Waals surface area contributed by atoms with Crippen LogP contribution in [0.4, 0.5) is 18.9 Å². The topological polar surface area (TPSA) is 28.0 Å². The molecule has 3 nitrogen and oxygen atoms in total. The molecule has 0 radical (unpaired) electrons. The van der Waals surface area contributed by atoms with E-state index >= 15 is 0 Å². The summed E-state index contributed by atoms with van der Waals surface area (Å²) in [5.74, 6) is -1.34.